The van der Waals surface area contributed by atoms with Crippen molar-refractivity contribution in [3.05, 3.63) is 49.3 Å². The third-order valence-corrected chi connectivity index (χ3v) is 4.08. The Morgan fingerprint density at radius 2 is 2.06 bits per heavy atom. The van der Waals surface area contributed by atoms with Crippen LogP contribution in [0.3, 0.4) is 0 Å². The fourth-order valence-electron chi connectivity index (χ4n) is 1.27. The van der Waals surface area contributed by atoms with Gasteiger partial charge >= 0.3 is 0 Å². The number of rotatable bonds is 3. The summed E-state index contributed by atoms with van der Waals surface area (Å²) in [5.74, 6) is -0.238. The minimum absolute atomic E-state index is 0.238. The Bertz CT molecular complexity index is 498. The Kier molecular flexibility index (Phi) is 4.00. The van der Waals surface area contributed by atoms with Crippen LogP contribution >= 0.6 is 43.2 Å². The molecule has 1 nitrogen and oxygen atoms in total. The Balaban J connectivity index is 2.07. The molecular formula is C11H8Br2FNS. The standard InChI is InChI=1S/C11H8Br2FNS/c12-8-1-2-9(14)10(4-8)15-5-7-3-11(13)16-6-7/h1-4,6,15H,5H2. The first-order valence-corrected chi connectivity index (χ1v) is 7.03. The van der Waals surface area contributed by atoms with Gasteiger partial charge in [-0.05, 0) is 51.1 Å². The maximum Gasteiger partial charge on any atom is 0.146 e. The van der Waals surface area contributed by atoms with E-state index in [9.17, 15) is 4.39 Å². The van der Waals surface area contributed by atoms with Gasteiger partial charge in [0.2, 0.25) is 0 Å². The minimum Gasteiger partial charge on any atom is -0.379 e. The lowest BCUT2D eigenvalue weighted by atomic mass is 10.3. The van der Waals surface area contributed by atoms with Gasteiger partial charge in [0.15, 0.2) is 0 Å². The fraction of sp³-hybridized carbons (Fsp3) is 0.0909. The number of nitrogens with one attached hydrogen (secondary N) is 1. The van der Waals surface area contributed by atoms with Gasteiger partial charge in [0, 0.05) is 11.0 Å². The molecule has 0 atom stereocenters. The molecule has 0 aliphatic heterocycles. The van der Waals surface area contributed by atoms with Crippen molar-refractivity contribution in [3.8, 4) is 0 Å². The van der Waals surface area contributed by atoms with Crippen LogP contribution in [0.1, 0.15) is 5.56 Å². The van der Waals surface area contributed by atoms with Crippen molar-refractivity contribution in [3.63, 3.8) is 0 Å². The highest BCUT2D eigenvalue weighted by Crippen LogP contribution is 2.23. The average Bonchev–Trinajstić information content (AvgIpc) is 2.66. The van der Waals surface area contributed by atoms with Gasteiger partial charge in [-0.25, -0.2) is 4.39 Å². The molecule has 0 spiro atoms. The number of hydrogen-bond acceptors (Lipinski definition) is 2. The molecule has 84 valence electrons. The lowest BCUT2D eigenvalue weighted by molar-refractivity contribution is 0.630. The van der Waals surface area contributed by atoms with Crippen LogP contribution in [-0.4, -0.2) is 0 Å². The van der Waals surface area contributed by atoms with Crippen LogP contribution in [0, 0.1) is 5.82 Å². The highest BCUT2D eigenvalue weighted by atomic mass is 79.9. The molecule has 1 N–H and O–H groups in total. The van der Waals surface area contributed by atoms with Gasteiger partial charge in [-0.15, -0.1) is 11.3 Å². The summed E-state index contributed by atoms with van der Waals surface area (Å²) in [5.41, 5.74) is 1.65. The predicted octanol–water partition coefficient (Wildman–Crippen LogP) is 5.02. The highest BCUT2D eigenvalue weighted by molar-refractivity contribution is 9.11. The summed E-state index contributed by atoms with van der Waals surface area (Å²) in [5, 5.41) is 5.10. The van der Waals surface area contributed by atoms with E-state index in [0.29, 0.717) is 12.2 Å². The molecular weight excluding hydrogens is 357 g/mol. The molecule has 0 amide bonds. The maximum absolute atomic E-state index is 13.4. The van der Waals surface area contributed by atoms with E-state index >= 15 is 0 Å². The van der Waals surface area contributed by atoms with E-state index in [-0.39, 0.29) is 5.82 Å². The van der Waals surface area contributed by atoms with E-state index in [1.54, 1.807) is 23.5 Å². The largest absolute Gasteiger partial charge is 0.379 e. The first-order chi connectivity index (χ1) is 7.65. The summed E-state index contributed by atoms with van der Waals surface area (Å²) in [6.45, 7) is 0.621. The summed E-state index contributed by atoms with van der Waals surface area (Å²) in [6.07, 6.45) is 0. The molecule has 1 heterocycles. The zero-order chi connectivity index (χ0) is 11.5. The Morgan fingerprint density at radius 1 is 1.25 bits per heavy atom. The lowest BCUT2D eigenvalue weighted by Crippen LogP contribution is -2.00. The van der Waals surface area contributed by atoms with Crippen molar-refractivity contribution in [1.82, 2.24) is 0 Å². The summed E-state index contributed by atoms with van der Waals surface area (Å²) in [6, 6.07) is 6.88. The Morgan fingerprint density at radius 3 is 2.75 bits per heavy atom. The molecule has 5 heteroatoms. The van der Waals surface area contributed by atoms with Crippen molar-refractivity contribution >= 4 is 48.9 Å². The molecule has 1 aromatic carbocycles. The maximum atomic E-state index is 13.4. The van der Waals surface area contributed by atoms with Gasteiger partial charge in [0.05, 0.1) is 9.47 Å². The van der Waals surface area contributed by atoms with Gasteiger partial charge in [-0.1, -0.05) is 15.9 Å². The molecule has 0 aliphatic carbocycles. The second-order valence-electron chi connectivity index (χ2n) is 3.24. The van der Waals surface area contributed by atoms with Crippen LogP contribution < -0.4 is 5.32 Å². The summed E-state index contributed by atoms with van der Waals surface area (Å²) < 4.78 is 15.3. The van der Waals surface area contributed by atoms with Crippen LogP contribution in [0.5, 0.6) is 0 Å². The van der Waals surface area contributed by atoms with Crippen molar-refractivity contribution in [2.75, 3.05) is 5.32 Å². The molecule has 0 aliphatic rings. The molecule has 2 rings (SSSR count). The van der Waals surface area contributed by atoms with Gasteiger partial charge in [0.25, 0.3) is 0 Å². The van der Waals surface area contributed by atoms with E-state index in [0.717, 1.165) is 13.8 Å². The smallest absolute Gasteiger partial charge is 0.146 e. The van der Waals surface area contributed by atoms with Gasteiger partial charge in [-0.3, -0.25) is 0 Å². The molecule has 0 radical (unpaired) electrons. The molecule has 1 aromatic heterocycles. The Labute approximate surface area is 114 Å². The van der Waals surface area contributed by atoms with E-state index in [2.05, 4.69) is 37.2 Å². The van der Waals surface area contributed by atoms with E-state index < -0.39 is 0 Å². The van der Waals surface area contributed by atoms with Gasteiger partial charge in [0.1, 0.15) is 5.82 Å². The number of hydrogen-bond donors (Lipinski definition) is 1. The third-order valence-electron chi connectivity index (χ3n) is 2.03. The van der Waals surface area contributed by atoms with Crippen molar-refractivity contribution in [2.45, 2.75) is 6.54 Å². The number of halogens is 3. The summed E-state index contributed by atoms with van der Waals surface area (Å²) >= 11 is 8.33. The molecule has 2 aromatic rings. The van der Waals surface area contributed by atoms with Crippen molar-refractivity contribution in [2.24, 2.45) is 0 Å². The first kappa shape index (κ1) is 12.1. The van der Waals surface area contributed by atoms with E-state index in [1.165, 1.54) is 6.07 Å². The van der Waals surface area contributed by atoms with Gasteiger partial charge in [-0.2, -0.15) is 0 Å². The second kappa shape index (κ2) is 5.29. The van der Waals surface area contributed by atoms with E-state index in [4.69, 9.17) is 0 Å². The quantitative estimate of drug-likeness (QED) is 0.805. The van der Waals surface area contributed by atoms with Crippen LogP contribution in [-0.2, 0) is 6.54 Å². The highest BCUT2D eigenvalue weighted by Gasteiger charge is 2.03. The molecule has 0 fully saturated rings. The molecule has 16 heavy (non-hydrogen) atoms. The SMILES string of the molecule is Fc1ccc(Br)cc1NCc1csc(Br)c1. The number of thiophene rings is 1. The lowest BCUT2D eigenvalue weighted by Gasteiger charge is -2.06. The minimum atomic E-state index is -0.238. The monoisotopic (exact) mass is 363 g/mol. The second-order valence-corrected chi connectivity index (χ2v) is 6.44. The zero-order valence-corrected chi connectivity index (χ0v) is 12.1. The van der Waals surface area contributed by atoms with Crippen LogP contribution in [0.15, 0.2) is 37.9 Å². The summed E-state index contributed by atoms with van der Waals surface area (Å²) in [4.78, 5) is 0. The van der Waals surface area contributed by atoms with E-state index in [1.807, 2.05) is 11.4 Å². The number of anilines is 1. The third kappa shape index (κ3) is 3.06. The Hall–Kier alpha value is -0.390. The summed E-state index contributed by atoms with van der Waals surface area (Å²) in [7, 11) is 0. The van der Waals surface area contributed by atoms with Crippen LogP contribution in [0.2, 0.25) is 0 Å². The molecule has 0 saturated heterocycles. The van der Waals surface area contributed by atoms with Crippen molar-refractivity contribution < 1.29 is 4.39 Å². The molecule has 0 bridgehead atoms. The fourth-order valence-corrected chi connectivity index (χ4v) is 2.84. The first-order valence-electron chi connectivity index (χ1n) is 4.57. The molecule has 0 saturated carbocycles. The average molecular weight is 365 g/mol. The topological polar surface area (TPSA) is 12.0 Å². The zero-order valence-electron chi connectivity index (χ0n) is 8.14. The number of benzene rings is 1. The van der Waals surface area contributed by atoms with Crippen LogP contribution in [0.4, 0.5) is 10.1 Å². The molecule has 0 unspecified atom stereocenters. The normalized spacial score (nSPS) is 10.4. The van der Waals surface area contributed by atoms with Crippen LogP contribution in [0.25, 0.3) is 0 Å². The van der Waals surface area contributed by atoms with Crippen molar-refractivity contribution in [1.29, 1.82) is 0 Å². The van der Waals surface area contributed by atoms with Gasteiger partial charge < -0.3 is 5.32 Å². The predicted molar refractivity (Wildman–Crippen MR) is 73.4 cm³/mol.